The molecule has 0 bridgehead atoms. The minimum atomic E-state index is -0.198. The van der Waals surface area contributed by atoms with E-state index in [-0.39, 0.29) is 5.91 Å². The quantitative estimate of drug-likeness (QED) is 0.889. The number of carbonyl (C=O) groups is 1. The molecule has 2 aromatic rings. The Bertz CT molecular complexity index is 645. The molecule has 0 spiro atoms. The lowest BCUT2D eigenvalue weighted by molar-refractivity contribution is 0.102. The summed E-state index contributed by atoms with van der Waals surface area (Å²) in [5.74, 6) is 0.594. The van der Waals surface area contributed by atoms with Crippen LogP contribution in [0.4, 0.5) is 5.69 Å². The SMILES string of the molecule is CCOc1ccc(NC(=O)c2ccn(C3CCCNC3)n2)cc1. The highest BCUT2D eigenvalue weighted by Gasteiger charge is 2.17. The van der Waals surface area contributed by atoms with Crippen LogP contribution in [0.15, 0.2) is 36.5 Å². The third-order valence-corrected chi connectivity index (χ3v) is 3.91. The molecule has 1 amide bonds. The summed E-state index contributed by atoms with van der Waals surface area (Å²) in [5.41, 5.74) is 1.16. The maximum atomic E-state index is 12.3. The molecule has 1 aromatic carbocycles. The Balaban J connectivity index is 1.62. The zero-order valence-corrected chi connectivity index (χ0v) is 13.3. The van der Waals surface area contributed by atoms with Gasteiger partial charge in [-0.25, -0.2) is 0 Å². The van der Waals surface area contributed by atoms with Gasteiger partial charge in [0.15, 0.2) is 5.69 Å². The Morgan fingerprint density at radius 3 is 2.91 bits per heavy atom. The summed E-state index contributed by atoms with van der Waals surface area (Å²) in [5, 5.41) is 10.6. The molecular weight excluding hydrogens is 292 g/mol. The van der Waals surface area contributed by atoms with Gasteiger partial charge in [0.1, 0.15) is 5.75 Å². The van der Waals surface area contributed by atoms with Crippen molar-refractivity contribution in [2.24, 2.45) is 0 Å². The summed E-state index contributed by atoms with van der Waals surface area (Å²) >= 11 is 0. The number of amides is 1. The highest BCUT2D eigenvalue weighted by Crippen LogP contribution is 2.18. The van der Waals surface area contributed by atoms with Crippen LogP contribution in [0.25, 0.3) is 0 Å². The van der Waals surface area contributed by atoms with E-state index >= 15 is 0 Å². The van der Waals surface area contributed by atoms with Gasteiger partial charge >= 0.3 is 0 Å². The third-order valence-electron chi connectivity index (χ3n) is 3.91. The zero-order chi connectivity index (χ0) is 16.1. The smallest absolute Gasteiger partial charge is 0.276 e. The first-order valence-corrected chi connectivity index (χ1v) is 8.06. The van der Waals surface area contributed by atoms with Gasteiger partial charge in [-0.1, -0.05) is 0 Å². The lowest BCUT2D eigenvalue weighted by atomic mass is 10.1. The van der Waals surface area contributed by atoms with Crippen molar-refractivity contribution in [3.63, 3.8) is 0 Å². The molecule has 1 aromatic heterocycles. The Labute approximate surface area is 135 Å². The Morgan fingerprint density at radius 1 is 1.39 bits per heavy atom. The second kappa shape index (κ2) is 7.28. The molecule has 1 unspecified atom stereocenters. The molecule has 0 saturated carbocycles. The molecule has 1 saturated heterocycles. The second-order valence-electron chi connectivity index (χ2n) is 5.59. The average molecular weight is 314 g/mol. The molecule has 6 nitrogen and oxygen atoms in total. The fourth-order valence-corrected chi connectivity index (χ4v) is 2.72. The normalized spacial score (nSPS) is 17.7. The Hall–Kier alpha value is -2.34. The van der Waals surface area contributed by atoms with Crippen molar-refractivity contribution < 1.29 is 9.53 Å². The number of hydrogen-bond acceptors (Lipinski definition) is 4. The van der Waals surface area contributed by atoms with Gasteiger partial charge in [0, 0.05) is 18.4 Å². The zero-order valence-electron chi connectivity index (χ0n) is 13.3. The molecule has 1 aliphatic rings. The lowest BCUT2D eigenvalue weighted by Crippen LogP contribution is -2.32. The van der Waals surface area contributed by atoms with E-state index in [4.69, 9.17) is 4.74 Å². The summed E-state index contributed by atoms with van der Waals surface area (Å²) in [6.45, 7) is 4.53. The Kier molecular flexibility index (Phi) is 4.92. The van der Waals surface area contributed by atoms with Gasteiger partial charge in [-0.05, 0) is 56.6 Å². The van der Waals surface area contributed by atoms with E-state index in [1.54, 1.807) is 6.07 Å². The summed E-state index contributed by atoms with van der Waals surface area (Å²) in [6.07, 6.45) is 4.11. The van der Waals surface area contributed by atoms with E-state index in [9.17, 15) is 4.79 Å². The van der Waals surface area contributed by atoms with Crippen molar-refractivity contribution in [3.05, 3.63) is 42.2 Å². The van der Waals surface area contributed by atoms with E-state index < -0.39 is 0 Å². The highest BCUT2D eigenvalue weighted by atomic mass is 16.5. The van der Waals surface area contributed by atoms with E-state index in [0.29, 0.717) is 18.3 Å². The largest absolute Gasteiger partial charge is 0.494 e. The van der Waals surface area contributed by atoms with Gasteiger partial charge in [0.2, 0.25) is 0 Å². The van der Waals surface area contributed by atoms with Crippen LogP contribution in [0.2, 0.25) is 0 Å². The molecule has 1 atom stereocenters. The van der Waals surface area contributed by atoms with E-state index in [1.165, 1.54) is 0 Å². The standard InChI is InChI=1S/C17H22N4O2/c1-2-23-15-7-5-13(6-8-15)19-17(22)16-9-11-21(20-16)14-4-3-10-18-12-14/h5-9,11,14,18H,2-4,10,12H2,1H3,(H,19,22). The maximum absolute atomic E-state index is 12.3. The first kappa shape index (κ1) is 15.6. The minimum absolute atomic E-state index is 0.198. The molecule has 0 radical (unpaired) electrons. The molecule has 6 heteroatoms. The first-order valence-electron chi connectivity index (χ1n) is 8.06. The van der Waals surface area contributed by atoms with Gasteiger partial charge in [-0.15, -0.1) is 0 Å². The van der Waals surface area contributed by atoms with Crippen molar-refractivity contribution in [1.82, 2.24) is 15.1 Å². The number of benzene rings is 1. The van der Waals surface area contributed by atoms with Crippen molar-refractivity contribution >= 4 is 11.6 Å². The number of anilines is 1. The number of ether oxygens (including phenoxy) is 1. The van der Waals surface area contributed by atoms with Gasteiger partial charge < -0.3 is 15.4 Å². The summed E-state index contributed by atoms with van der Waals surface area (Å²) in [6, 6.07) is 9.42. The number of piperidine rings is 1. The number of nitrogens with zero attached hydrogens (tertiary/aromatic N) is 2. The van der Waals surface area contributed by atoms with E-state index in [1.807, 2.05) is 42.1 Å². The molecule has 3 rings (SSSR count). The van der Waals surface area contributed by atoms with E-state index in [0.717, 1.165) is 37.4 Å². The Morgan fingerprint density at radius 2 is 2.22 bits per heavy atom. The highest BCUT2D eigenvalue weighted by molar-refractivity contribution is 6.02. The van der Waals surface area contributed by atoms with Crippen LogP contribution in [0.1, 0.15) is 36.3 Å². The molecule has 0 aliphatic carbocycles. The first-order chi connectivity index (χ1) is 11.3. The minimum Gasteiger partial charge on any atom is -0.494 e. The van der Waals surface area contributed by atoms with Gasteiger partial charge in [0.05, 0.1) is 12.6 Å². The van der Waals surface area contributed by atoms with Crippen LogP contribution in [-0.2, 0) is 0 Å². The van der Waals surface area contributed by atoms with Gasteiger partial charge in [0.25, 0.3) is 5.91 Å². The molecule has 23 heavy (non-hydrogen) atoms. The number of carbonyl (C=O) groups excluding carboxylic acids is 1. The van der Waals surface area contributed by atoms with Crippen LogP contribution in [0, 0.1) is 0 Å². The fraction of sp³-hybridized carbons (Fsp3) is 0.412. The average Bonchev–Trinajstić information content (AvgIpc) is 3.08. The molecular formula is C17H22N4O2. The maximum Gasteiger partial charge on any atom is 0.276 e. The molecule has 1 fully saturated rings. The van der Waals surface area contributed by atoms with Gasteiger partial charge in [-0.3, -0.25) is 9.48 Å². The van der Waals surface area contributed by atoms with Crippen LogP contribution in [0.3, 0.4) is 0 Å². The molecule has 1 aliphatic heterocycles. The molecule has 2 heterocycles. The number of hydrogen-bond donors (Lipinski definition) is 2. The summed E-state index contributed by atoms with van der Waals surface area (Å²) < 4.78 is 7.27. The molecule has 2 N–H and O–H groups in total. The lowest BCUT2D eigenvalue weighted by Gasteiger charge is -2.22. The summed E-state index contributed by atoms with van der Waals surface area (Å²) in [4.78, 5) is 12.3. The number of aromatic nitrogens is 2. The topological polar surface area (TPSA) is 68.2 Å². The van der Waals surface area contributed by atoms with Crippen molar-refractivity contribution in [1.29, 1.82) is 0 Å². The number of rotatable bonds is 5. The van der Waals surface area contributed by atoms with Crippen LogP contribution >= 0.6 is 0 Å². The number of nitrogens with one attached hydrogen (secondary N) is 2. The predicted molar refractivity (Wildman–Crippen MR) is 88.9 cm³/mol. The second-order valence-corrected chi connectivity index (χ2v) is 5.59. The monoisotopic (exact) mass is 314 g/mol. The predicted octanol–water partition coefficient (Wildman–Crippen LogP) is 2.46. The fourth-order valence-electron chi connectivity index (χ4n) is 2.72. The van der Waals surface area contributed by atoms with Crippen molar-refractivity contribution in [2.75, 3.05) is 25.0 Å². The molecule has 122 valence electrons. The van der Waals surface area contributed by atoms with Crippen LogP contribution in [0.5, 0.6) is 5.75 Å². The van der Waals surface area contributed by atoms with Crippen LogP contribution < -0.4 is 15.4 Å². The van der Waals surface area contributed by atoms with Gasteiger partial charge in [-0.2, -0.15) is 5.10 Å². The van der Waals surface area contributed by atoms with Crippen molar-refractivity contribution in [2.45, 2.75) is 25.8 Å². The van der Waals surface area contributed by atoms with Crippen molar-refractivity contribution in [3.8, 4) is 5.75 Å². The van der Waals surface area contributed by atoms with E-state index in [2.05, 4.69) is 15.7 Å². The summed E-state index contributed by atoms with van der Waals surface area (Å²) in [7, 11) is 0. The third kappa shape index (κ3) is 3.90. The van der Waals surface area contributed by atoms with Crippen LogP contribution in [-0.4, -0.2) is 35.4 Å².